The summed E-state index contributed by atoms with van der Waals surface area (Å²) < 4.78 is 9.14. The molecule has 1 N–H and O–H groups in total. The number of rotatable bonds is 5. The molecule has 0 atom stereocenters. The van der Waals surface area contributed by atoms with E-state index < -0.39 is 6.16 Å². The van der Waals surface area contributed by atoms with Crippen molar-refractivity contribution in [3.8, 4) is 5.75 Å². The summed E-state index contributed by atoms with van der Waals surface area (Å²) in [5.74, 6) is 0.323. The van der Waals surface area contributed by atoms with Crippen LogP contribution in [0.25, 0.3) is 0 Å². The first-order valence-corrected chi connectivity index (χ1v) is 6.17. The van der Waals surface area contributed by atoms with Crippen molar-refractivity contribution in [1.82, 2.24) is 0 Å². The maximum absolute atomic E-state index is 10.7. The Morgan fingerprint density at radius 2 is 2.16 bits per heavy atom. The van der Waals surface area contributed by atoms with Crippen molar-refractivity contribution >= 4 is 6.16 Å². The smallest absolute Gasteiger partial charge is 0.508 e. The molecule has 4 heteroatoms. The molecule has 0 radical (unpaired) electrons. The van der Waals surface area contributed by atoms with Gasteiger partial charge in [0.1, 0.15) is 12.4 Å². The minimum atomic E-state index is -0.680. The van der Waals surface area contributed by atoms with Gasteiger partial charge < -0.3 is 14.6 Å². The molecule has 1 aromatic rings. The van der Waals surface area contributed by atoms with E-state index >= 15 is 0 Å². The maximum atomic E-state index is 10.7. The molecular weight excluding hydrogens is 244 g/mol. The fraction of sp³-hybridized carbons (Fsp3) is 0.400. The third-order valence-corrected chi connectivity index (χ3v) is 2.82. The average molecular weight is 264 g/mol. The van der Waals surface area contributed by atoms with E-state index in [1.54, 1.807) is 6.07 Å². The summed E-state index contributed by atoms with van der Waals surface area (Å²) in [6.45, 7) is 4.17. The van der Waals surface area contributed by atoms with E-state index in [1.807, 2.05) is 32.1 Å². The minimum Gasteiger partial charge on any atom is -0.508 e. The molecule has 0 unspecified atom stereocenters. The van der Waals surface area contributed by atoms with Crippen LogP contribution in [-0.2, 0) is 15.9 Å². The molecule has 0 spiro atoms. The topological polar surface area (TPSA) is 55.8 Å². The molecule has 0 aromatic heterocycles. The normalized spacial score (nSPS) is 11.2. The SMILES string of the molecule is COC(=O)OC/C=C(/C)CCc1cc(C)ccc1O. The molecule has 0 amide bonds. The molecule has 0 saturated carbocycles. The van der Waals surface area contributed by atoms with Gasteiger partial charge >= 0.3 is 6.16 Å². The average Bonchev–Trinajstić information content (AvgIpc) is 2.39. The van der Waals surface area contributed by atoms with Crippen molar-refractivity contribution in [1.29, 1.82) is 0 Å². The highest BCUT2D eigenvalue weighted by molar-refractivity contribution is 5.59. The Morgan fingerprint density at radius 3 is 2.84 bits per heavy atom. The largest absolute Gasteiger partial charge is 0.508 e. The highest BCUT2D eigenvalue weighted by Gasteiger charge is 2.02. The van der Waals surface area contributed by atoms with Crippen LogP contribution in [0.4, 0.5) is 4.79 Å². The standard InChI is InChI=1S/C15H20O4/c1-11(8-9-19-15(17)18-3)4-6-13-10-12(2)5-7-14(13)16/h5,7-8,10,16H,4,6,9H2,1-3H3/b11-8-. The predicted molar refractivity (Wildman–Crippen MR) is 73.3 cm³/mol. The van der Waals surface area contributed by atoms with Gasteiger partial charge in [-0.2, -0.15) is 0 Å². The Bertz CT molecular complexity index is 463. The van der Waals surface area contributed by atoms with Gasteiger partial charge in [0.25, 0.3) is 0 Å². The third-order valence-electron chi connectivity index (χ3n) is 2.82. The number of hydrogen-bond donors (Lipinski definition) is 1. The summed E-state index contributed by atoms with van der Waals surface area (Å²) in [6.07, 6.45) is 2.72. The molecule has 0 aliphatic rings. The molecule has 0 fully saturated rings. The summed E-state index contributed by atoms with van der Waals surface area (Å²) in [4.78, 5) is 10.7. The number of phenolic OH excluding ortho intramolecular Hbond substituents is 1. The first kappa shape index (κ1) is 15.1. The van der Waals surface area contributed by atoms with Crippen molar-refractivity contribution in [2.75, 3.05) is 13.7 Å². The van der Waals surface area contributed by atoms with Gasteiger partial charge in [-0.25, -0.2) is 4.79 Å². The number of ether oxygens (including phenoxy) is 2. The summed E-state index contributed by atoms with van der Waals surface area (Å²) in [5, 5.41) is 9.72. The van der Waals surface area contributed by atoms with Gasteiger partial charge in [0.05, 0.1) is 7.11 Å². The van der Waals surface area contributed by atoms with Gasteiger partial charge in [-0.15, -0.1) is 0 Å². The zero-order valence-corrected chi connectivity index (χ0v) is 11.6. The van der Waals surface area contributed by atoms with Crippen molar-refractivity contribution in [3.05, 3.63) is 41.0 Å². The number of aromatic hydroxyl groups is 1. The lowest BCUT2D eigenvalue weighted by Gasteiger charge is -2.06. The zero-order chi connectivity index (χ0) is 14.3. The highest BCUT2D eigenvalue weighted by atomic mass is 16.7. The van der Waals surface area contributed by atoms with Gasteiger partial charge in [-0.1, -0.05) is 23.3 Å². The van der Waals surface area contributed by atoms with Crippen LogP contribution in [0.15, 0.2) is 29.8 Å². The van der Waals surface area contributed by atoms with Crippen molar-refractivity contribution < 1.29 is 19.4 Å². The Labute approximate surface area is 113 Å². The Kier molecular flexibility index (Phi) is 5.93. The van der Waals surface area contributed by atoms with Crippen LogP contribution >= 0.6 is 0 Å². The fourth-order valence-corrected chi connectivity index (χ4v) is 1.66. The maximum Gasteiger partial charge on any atom is 0.508 e. The summed E-state index contributed by atoms with van der Waals surface area (Å²) in [7, 11) is 1.28. The second-order valence-corrected chi connectivity index (χ2v) is 4.45. The molecule has 0 aliphatic heterocycles. The van der Waals surface area contributed by atoms with E-state index in [1.165, 1.54) is 7.11 Å². The molecule has 0 saturated heterocycles. The second-order valence-electron chi connectivity index (χ2n) is 4.45. The first-order chi connectivity index (χ1) is 9.02. The monoisotopic (exact) mass is 264 g/mol. The van der Waals surface area contributed by atoms with E-state index in [2.05, 4.69) is 4.74 Å². The number of methoxy groups -OCH3 is 1. The number of carbonyl (C=O) groups excluding carboxylic acids is 1. The molecule has 104 valence electrons. The molecule has 0 bridgehead atoms. The van der Waals surface area contributed by atoms with E-state index in [0.717, 1.165) is 29.5 Å². The van der Waals surface area contributed by atoms with Crippen LogP contribution in [0.1, 0.15) is 24.5 Å². The number of aryl methyl sites for hydroxylation is 2. The van der Waals surface area contributed by atoms with Crippen LogP contribution in [0.5, 0.6) is 5.75 Å². The van der Waals surface area contributed by atoms with Gasteiger partial charge in [-0.3, -0.25) is 0 Å². The fourth-order valence-electron chi connectivity index (χ4n) is 1.66. The second kappa shape index (κ2) is 7.46. The van der Waals surface area contributed by atoms with E-state index in [4.69, 9.17) is 4.74 Å². The first-order valence-electron chi connectivity index (χ1n) is 6.17. The van der Waals surface area contributed by atoms with E-state index in [-0.39, 0.29) is 6.61 Å². The third kappa shape index (κ3) is 5.46. The number of allylic oxidation sites excluding steroid dienone is 1. The quantitative estimate of drug-likeness (QED) is 0.654. The van der Waals surface area contributed by atoms with Gasteiger partial charge in [0.2, 0.25) is 0 Å². The molecule has 0 heterocycles. The Morgan fingerprint density at radius 1 is 1.42 bits per heavy atom. The Hall–Kier alpha value is -1.97. The van der Waals surface area contributed by atoms with Crippen LogP contribution in [0, 0.1) is 6.92 Å². The molecule has 19 heavy (non-hydrogen) atoms. The van der Waals surface area contributed by atoms with Gasteiger partial charge in [0, 0.05) is 0 Å². The Balaban J connectivity index is 2.45. The lowest BCUT2D eigenvalue weighted by molar-refractivity contribution is 0.0816. The summed E-state index contributed by atoms with van der Waals surface area (Å²) in [6, 6.07) is 5.57. The number of carbonyl (C=O) groups is 1. The predicted octanol–water partition coefficient (Wildman–Crippen LogP) is 3.36. The van der Waals surface area contributed by atoms with E-state index in [9.17, 15) is 9.90 Å². The minimum absolute atomic E-state index is 0.207. The van der Waals surface area contributed by atoms with Crippen molar-refractivity contribution in [2.45, 2.75) is 26.7 Å². The molecule has 0 aliphatic carbocycles. The van der Waals surface area contributed by atoms with Gasteiger partial charge in [-0.05, 0) is 44.4 Å². The molecule has 1 rings (SSSR count). The number of benzene rings is 1. The molecular formula is C15H20O4. The molecule has 4 nitrogen and oxygen atoms in total. The number of phenols is 1. The zero-order valence-electron chi connectivity index (χ0n) is 11.6. The van der Waals surface area contributed by atoms with E-state index in [0.29, 0.717) is 5.75 Å². The summed E-state index contributed by atoms with van der Waals surface area (Å²) >= 11 is 0. The van der Waals surface area contributed by atoms with Crippen LogP contribution < -0.4 is 0 Å². The highest BCUT2D eigenvalue weighted by Crippen LogP contribution is 2.21. The lowest BCUT2D eigenvalue weighted by Crippen LogP contribution is -2.04. The van der Waals surface area contributed by atoms with Gasteiger partial charge in [0.15, 0.2) is 0 Å². The number of hydrogen-bond acceptors (Lipinski definition) is 4. The summed E-state index contributed by atoms with van der Waals surface area (Å²) in [5.41, 5.74) is 3.16. The van der Waals surface area contributed by atoms with Crippen LogP contribution in [0.3, 0.4) is 0 Å². The lowest BCUT2D eigenvalue weighted by atomic mass is 10.0. The molecule has 1 aromatic carbocycles. The van der Waals surface area contributed by atoms with Crippen molar-refractivity contribution in [3.63, 3.8) is 0 Å². The van der Waals surface area contributed by atoms with Crippen LogP contribution in [0.2, 0.25) is 0 Å². The van der Waals surface area contributed by atoms with Crippen LogP contribution in [-0.4, -0.2) is 25.0 Å². The van der Waals surface area contributed by atoms with Crippen molar-refractivity contribution in [2.24, 2.45) is 0 Å².